The van der Waals surface area contributed by atoms with Crippen molar-refractivity contribution in [2.45, 2.75) is 19.8 Å². The van der Waals surface area contributed by atoms with Crippen molar-refractivity contribution in [2.24, 2.45) is 0 Å². The molecule has 0 radical (unpaired) electrons. The lowest BCUT2D eigenvalue weighted by atomic mass is 9.93. The summed E-state index contributed by atoms with van der Waals surface area (Å²) < 4.78 is 6.51. The van der Waals surface area contributed by atoms with E-state index < -0.39 is 0 Å². The van der Waals surface area contributed by atoms with Crippen LogP contribution in [0.25, 0.3) is 32.1 Å². The number of H-pyrrole nitrogens is 1. The first-order valence-corrected chi connectivity index (χ1v) is 10.3. The third-order valence-electron chi connectivity index (χ3n) is 5.37. The summed E-state index contributed by atoms with van der Waals surface area (Å²) in [4.78, 5) is 15.6. The maximum absolute atomic E-state index is 12.5. The highest BCUT2D eigenvalue weighted by atomic mass is 35.5. The van der Waals surface area contributed by atoms with Crippen LogP contribution in [-0.2, 0) is 0 Å². The van der Waals surface area contributed by atoms with Gasteiger partial charge in [0.25, 0.3) is 5.56 Å². The Morgan fingerprint density at radius 1 is 1.21 bits per heavy atom. The van der Waals surface area contributed by atoms with Crippen molar-refractivity contribution in [2.75, 3.05) is 20.7 Å². The molecule has 6 heteroatoms. The van der Waals surface area contributed by atoms with Crippen LogP contribution in [0.5, 0.6) is 5.75 Å². The summed E-state index contributed by atoms with van der Waals surface area (Å²) in [6, 6.07) is 12.7. The van der Waals surface area contributed by atoms with Gasteiger partial charge in [0.15, 0.2) is 0 Å². The molecule has 4 aromatic rings. The van der Waals surface area contributed by atoms with E-state index in [1.807, 2.05) is 31.5 Å². The molecular weight excluding hydrogens is 404 g/mol. The zero-order chi connectivity index (χ0) is 19.8. The second-order valence-corrected chi connectivity index (χ2v) is 8.14. The van der Waals surface area contributed by atoms with Gasteiger partial charge in [0.2, 0.25) is 0 Å². The van der Waals surface area contributed by atoms with Gasteiger partial charge in [-0.2, -0.15) is 0 Å². The number of hydrogen-bond acceptors (Lipinski definition) is 4. The number of halogens is 1. The minimum absolute atomic E-state index is 0. The largest absolute Gasteiger partial charge is 0.496 e. The number of fused-ring (bicyclic) bond motifs is 3. The number of pyridine rings is 1. The van der Waals surface area contributed by atoms with Crippen LogP contribution in [0.1, 0.15) is 24.0 Å². The minimum Gasteiger partial charge on any atom is -0.496 e. The second kappa shape index (κ2) is 8.57. The average molecular weight is 429 g/mol. The van der Waals surface area contributed by atoms with Gasteiger partial charge in [-0.25, -0.2) is 0 Å². The number of ether oxygens (including phenoxy) is 1. The van der Waals surface area contributed by atoms with Crippen LogP contribution >= 0.6 is 23.7 Å². The fraction of sp³-hybridized carbons (Fsp3) is 0.261. The smallest absolute Gasteiger partial charge is 0.266 e. The van der Waals surface area contributed by atoms with E-state index in [0.717, 1.165) is 50.0 Å². The predicted octanol–water partition coefficient (Wildman–Crippen LogP) is 5.47. The lowest BCUT2D eigenvalue weighted by molar-refractivity contribution is 0.416. The van der Waals surface area contributed by atoms with Crippen LogP contribution in [-0.4, -0.2) is 25.7 Å². The molecule has 1 atom stereocenters. The van der Waals surface area contributed by atoms with Gasteiger partial charge in [-0.3, -0.25) is 4.79 Å². The van der Waals surface area contributed by atoms with Crippen molar-refractivity contribution in [1.82, 2.24) is 10.3 Å². The van der Waals surface area contributed by atoms with Gasteiger partial charge in [0.05, 0.1) is 12.6 Å². The normalized spacial score (nSPS) is 12.1. The molecule has 4 nitrogen and oxygen atoms in total. The maximum Gasteiger partial charge on any atom is 0.266 e. The van der Waals surface area contributed by atoms with Crippen molar-refractivity contribution < 1.29 is 4.74 Å². The number of likely N-dealkylation sites (N-methyl/N-ethyl adjacent to an activating group) is 1. The van der Waals surface area contributed by atoms with Gasteiger partial charge >= 0.3 is 0 Å². The first kappa shape index (κ1) is 21.4. The van der Waals surface area contributed by atoms with Gasteiger partial charge in [0, 0.05) is 22.9 Å². The summed E-state index contributed by atoms with van der Waals surface area (Å²) in [7, 11) is 3.67. The molecule has 2 aromatic carbocycles. The standard InChI is InChI=1S/C23H24N2O2S.ClH/c1-13-11-18(27-4)19(16-7-5-15(6-8-16)14(2)12-24-3)20-17-9-10-28-22(17)23(26)25-21(13)20;/h5-11,14,24H,12H2,1-4H3,(H,25,26);1H. The van der Waals surface area contributed by atoms with Crippen LogP contribution in [0, 0.1) is 6.92 Å². The molecule has 0 saturated heterocycles. The number of aryl methyl sites for hydroxylation is 1. The molecule has 0 saturated carbocycles. The van der Waals surface area contributed by atoms with Gasteiger partial charge in [-0.1, -0.05) is 31.2 Å². The summed E-state index contributed by atoms with van der Waals surface area (Å²) in [6.45, 7) is 5.16. The van der Waals surface area contributed by atoms with E-state index in [-0.39, 0.29) is 18.0 Å². The van der Waals surface area contributed by atoms with E-state index in [1.54, 1.807) is 7.11 Å². The van der Waals surface area contributed by atoms with Gasteiger partial charge in [-0.05, 0) is 54.1 Å². The van der Waals surface area contributed by atoms with Crippen LogP contribution in [0.3, 0.4) is 0 Å². The van der Waals surface area contributed by atoms with E-state index in [1.165, 1.54) is 16.9 Å². The molecule has 2 N–H and O–H groups in total. The monoisotopic (exact) mass is 428 g/mol. The Hall–Kier alpha value is -2.34. The van der Waals surface area contributed by atoms with Crippen LogP contribution < -0.4 is 15.6 Å². The summed E-state index contributed by atoms with van der Waals surface area (Å²) in [5.74, 6) is 1.26. The predicted molar refractivity (Wildman–Crippen MR) is 126 cm³/mol. The zero-order valence-electron chi connectivity index (χ0n) is 17.0. The number of aromatic amines is 1. The maximum atomic E-state index is 12.5. The first-order chi connectivity index (χ1) is 13.5. The SMILES string of the molecule is CNCC(C)c1ccc(-c2c(OC)cc(C)c3[nH]c(=O)c4sccc4c23)cc1.Cl. The molecule has 2 aromatic heterocycles. The quantitative estimate of drug-likeness (QED) is 0.443. The third kappa shape index (κ3) is 3.66. The highest BCUT2D eigenvalue weighted by Crippen LogP contribution is 2.41. The number of rotatable bonds is 5. The fourth-order valence-corrected chi connectivity index (χ4v) is 4.71. The summed E-state index contributed by atoms with van der Waals surface area (Å²) >= 11 is 1.47. The highest BCUT2D eigenvalue weighted by Gasteiger charge is 2.18. The van der Waals surface area contributed by atoms with Crippen LogP contribution in [0.2, 0.25) is 0 Å². The molecule has 1 unspecified atom stereocenters. The molecule has 0 bridgehead atoms. The number of aromatic nitrogens is 1. The number of hydrogen-bond donors (Lipinski definition) is 2. The topological polar surface area (TPSA) is 54.1 Å². The van der Waals surface area contributed by atoms with Crippen molar-refractivity contribution in [3.63, 3.8) is 0 Å². The number of methoxy groups -OCH3 is 1. The Balaban J connectivity index is 0.00000240. The fourth-order valence-electron chi connectivity index (χ4n) is 3.92. The Bertz CT molecular complexity index is 1210. The molecule has 0 spiro atoms. The second-order valence-electron chi connectivity index (χ2n) is 7.22. The highest BCUT2D eigenvalue weighted by molar-refractivity contribution is 7.17. The van der Waals surface area contributed by atoms with Crippen molar-refractivity contribution in [3.8, 4) is 16.9 Å². The van der Waals surface area contributed by atoms with E-state index in [0.29, 0.717) is 5.92 Å². The van der Waals surface area contributed by atoms with Crippen molar-refractivity contribution in [3.05, 3.63) is 63.3 Å². The summed E-state index contributed by atoms with van der Waals surface area (Å²) in [5.41, 5.74) is 5.24. The van der Waals surface area contributed by atoms with Crippen molar-refractivity contribution >= 4 is 44.7 Å². The van der Waals surface area contributed by atoms with Crippen molar-refractivity contribution in [1.29, 1.82) is 0 Å². The molecule has 0 amide bonds. The Morgan fingerprint density at radius 3 is 2.59 bits per heavy atom. The lowest BCUT2D eigenvalue weighted by Crippen LogP contribution is -2.14. The Labute approximate surface area is 180 Å². The molecule has 0 aliphatic heterocycles. The molecule has 29 heavy (non-hydrogen) atoms. The van der Waals surface area contributed by atoms with Gasteiger partial charge < -0.3 is 15.0 Å². The van der Waals surface area contributed by atoms with Gasteiger partial charge in [-0.15, -0.1) is 23.7 Å². The van der Waals surface area contributed by atoms with Gasteiger partial charge in [0.1, 0.15) is 10.4 Å². The van der Waals surface area contributed by atoms with Crippen LogP contribution in [0.4, 0.5) is 0 Å². The molecule has 152 valence electrons. The molecule has 0 fully saturated rings. The Morgan fingerprint density at radius 2 is 1.93 bits per heavy atom. The molecule has 0 aliphatic rings. The van der Waals surface area contributed by atoms with E-state index in [2.05, 4.69) is 41.5 Å². The first-order valence-electron chi connectivity index (χ1n) is 9.40. The Kier molecular flexibility index (Phi) is 6.32. The lowest BCUT2D eigenvalue weighted by Gasteiger charge is -2.17. The molecule has 0 aliphatic carbocycles. The van der Waals surface area contributed by atoms with E-state index in [9.17, 15) is 4.79 Å². The summed E-state index contributed by atoms with van der Waals surface area (Å²) in [6.07, 6.45) is 0. The third-order valence-corrected chi connectivity index (χ3v) is 6.28. The minimum atomic E-state index is -0.0343. The average Bonchev–Trinajstić information content (AvgIpc) is 3.19. The zero-order valence-corrected chi connectivity index (χ0v) is 18.6. The molecular formula is C23H25ClN2O2S. The van der Waals surface area contributed by atoms with E-state index >= 15 is 0 Å². The number of nitrogens with one attached hydrogen (secondary N) is 2. The van der Waals surface area contributed by atoms with Crippen LogP contribution in [0.15, 0.2) is 46.6 Å². The molecule has 2 heterocycles. The van der Waals surface area contributed by atoms with E-state index in [4.69, 9.17) is 4.74 Å². The molecule has 4 rings (SSSR count). The number of benzene rings is 2. The summed E-state index contributed by atoms with van der Waals surface area (Å²) in [5, 5.41) is 7.23. The number of thiophene rings is 1.